The first-order valence-corrected chi connectivity index (χ1v) is 8.62. The van der Waals surface area contributed by atoms with Gasteiger partial charge in [0.05, 0.1) is 11.2 Å². The standard InChI is InChI=1S/C19H21N5O/c20-19-18-17(21-13-22-19)7-6-16(23-18)14-4-3-5-15(12-14)25-11-10-24-8-1-2-9-24/h3-7,12-13H,1-2,8-11H2,(H2,20,21,22). The molecule has 0 saturated carbocycles. The molecule has 0 aliphatic carbocycles. The van der Waals surface area contributed by atoms with E-state index in [-0.39, 0.29) is 0 Å². The summed E-state index contributed by atoms with van der Waals surface area (Å²) < 4.78 is 5.92. The molecule has 0 atom stereocenters. The van der Waals surface area contributed by atoms with Crippen LogP contribution in [0.25, 0.3) is 22.3 Å². The fraction of sp³-hybridized carbons (Fsp3) is 0.316. The molecule has 128 valence electrons. The number of rotatable bonds is 5. The van der Waals surface area contributed by atoms with Gasteiger partial charge in [0.1, 0.15) is 24.2 Å². The molecule has 3 aromatic rings. The van der Waals surface area contributed by atoms with Crippen LogP contribution >= 0.6 is 0 Å². The van der Waals surface area contributed by atoms with Crippen LogP contribution in [0.5, 0.6) is 5.75 Å². The van der Waals surface area contributed by atoms with Crippen molar-refractivity contribution in [3.8, 4) is 17.0 Å². The highest BCUT2D eigenvalue weighted by atomic mass is 16.5. The molecule has 0 unspecified atom stereocenters. The molecule has 0 radical (unpaired) electrons. The molecule has 25 heavy (non-hydrogen) atoms. The third kappa shape index (κ3) is 3.53. The van der Waals surface area contributed by atoms with Crippen LogP contribution in [0.3, 0.4) is 0 Å². The fourth-order valence-corrected chi connectivity index (χ4v) is 3.16. The van der Waals surface area contributed by atoms with Crippen LogP contribution in [-0.4, -0.2) is 46.1 Å². The molecule has 4 rings (SSSR count). The van der Waals surface area contributed by atoms with Crippen LogP contribution in [0.1, 0.15) is 12.8 Å². The molecule has 0 amide bonds. The molecule has 0 bridgehead atoms. The van der Waals surface area contributed by atoms with Gasteiger partial charge in [0.2, 0.25) is 0 Å². The minimum absolute atomic E-state index is 0.393. The maximum atomic E-state index is 5.92. The van der Waals surface area contributed by atoms with Crippen LogP contribution in [0.4, 0.5) is 5.82 Å². The van der Waals surface area contributed by atoms with Crippen LogP contribution in [0, 0.1) is 0 Å². The zero-order valence-corrected chi connectivity index (χ0v) is 14.1. The Balaban J connectivity index is 1.51. The van der Waals surface area contributed by atoms with E-state index in [1.165, 1.54) is 32.3 Å². The molecule has 1 aliphatic rings. The molecule has 2 aromatic heterocycles. The van der Waals surface area contributed by atoms with Crippen LogP contribution in [0.15, 0.2) is 42.7 Å². The Hall–Kier alpha value is -2.73. The van der Waals surface area contributed by atoms with Gasteiger partial charge >= 0.3 is 0 Å². The molecule has 3 heterocycles. The minimum atomic E-state index is 0.393. The van der Waals surface area contributed by atoms with Crippen LogP contribution in [-0.2, 0) is 0 Å². The molecule has 1 fully saturated rings. The predicted octanol–water partition coefficient (Wildman–Crippen LogP) is 2.75. The first-order valence-electron chi connectivity index (χ1n) is 8.62. The molecule has 1 saturated heterocycles. The summed E-state index contributed by atoms with van der Waals surface area (Å²) in [5.41, 5.74) is 9.11. The molecule has 1 aliphatic heterocycles. The van der Waals surface area contributed by atoms with Crippen molar-refractivity contribution in [2.24, 2.45) is 0 Å². The molecule has 1 aromatic carbocycles. The highest BCUT2D eigenvalue weighted by Crippen LogP contribution is 2.25. The SMILES string of the molecule is Nc1ncnc2ccc(-c3cccc(OCCN4CCCC4)c3)nc12. The number of benzene rings is 1. The summed E-state index contributed by atoms with van der Waals surface area (Å²) in [6, 6.07) is 11.8. The van der Waals surface area contributed by atoms with E-state index in [4.69, 9.17) is 10.5 Å². The minimum Gasteiger partial charge on any atom is -0.492 e. The van der Waals surface area contributed by atoms with Gasteiger partial charge < -0.3 is 10.5 Å². The van der Waals surface area contributed by atoms with E-state index in [0.29, 0.717) is 17.9 Å². The average molecular weight is 335 g/mol. The lowest BCUT2D eigenvalue weighted by Gasteiger charge is -2.15. The molecular weight excluding hydrogens is 314 g/mol. The van der Waals surface area contributed by atoms with E-state index in [1.807, 2.05) is 36.4 Å². The van der Waals surface area contributed by atoms with Gasteiger partial charge in [-0.05, 0) is 50.2 Å². The van der Waals surface area contributed by atoms with Crippen molar-refractivity contribution in [1.82, 2.24) is 19.9 Å². The monoisotopic (exact) mass is 335 g/mol. The normalized spacial score (nSPS) is 14.9. The van der Waals surface area contributed by atoms with Crippen molar-refractivity contribution in [2.75, 3.05) is 32.0 Å². The number of likely N-dealkylation sites (tertiary alicyclic amines) is 1. The Labute approximate surface area is 146 Å². The Bertz CT molecular complexity index is 877. The van der Waals surface area contributed by atoms with E-state index in [9.17, 15) is 0 Å². The Morgan fingerprint density at radius 3 is 2.84 bits per heavy atom. The molecule has 0 spiro atoms. The topological polar surface area (TPSA) is 77.2 Å². The van der Waals surface area contributed by atoms with Gasteiger partial charge in [-0.25, -0.2) is 15.0 Å². The van der Waals surface area contributed by atoms with Gasteiger partial charge in [0.25, 0.3) is 0 Å². The number of fused-ring (bicyclic) bond motifs is 1. The third-order valence-corrected chi connectivity index (χ3v) is 4.51. The largest absolute Gasteiger partial charge is 0.492 e. The second-order valence-electron chi connectivity index (χ2n) is 6.25. The second kappa shape index (κ2) is 7.03. The molecule has 6 nitrogen and oxygen atoms in total. The zero-order chi connectivity index (χ0) is 17.1. The van der Waals surface area contributed by atoms with Gasteiger partial charge in [0.15, 0.2) is 5.82 Å². The van der Waals surface area contributed by atoms with Crippen LogP contribution in [0.2, 0.25) is 0 Å². The zero-order valence-electron chi connectivity index (χ0n) is 14.1. The quantitative estimate of drug-likeness (QED) is 0.772. The lowest BCUT2D eigenvalue weighted by Crippen LogP contribution is -2.25. The maximum Gasteiger partial charge on any atom is 0.153 e. The molecular formula is C19H21N5O. The van der Waals surface area contributed by atoms with Crippen molar-refractivity contribution in [3.05, 3.63) is 42.7 Å². The van der Waals surface area contributed by atoms with Gasteiger partial charge in [-0.15, -0.1) is 0 Å². The number of hydrogen-bond donors (Lipinski definition) is 1. The summed E-state index contributed by atoms with van der Waals surface area (Å²) in [4.78, 5) is 15.3. The lowest BCUT2D eigenvalue weighted by atomic mass is 10.1. The summed E-state index contributed by atoms with van der Waals surface area (Å²) in [7, 11) is 0. The van der Waals surface area contributed by atoms with E-state index < -0.39 is 0 Å². The number of hydrogen-bond acceptors (Lipinski definition) is 6. The number of nitrogens with two attached hydrogens (primary N) is 1. The fourth-order valence-electron chi connectivity index (χ4n) is 3.16. The van der Waals surface area contributed by atoms with Crippen molar-refractivity contribution < 1.29 is 4.74 Å². The highest BCUT2D eigenvalue weighted by molar-refractivity contribution is 5.85. The smallest absolute Gasteiger partial charge is 0.153 e. The van der Waals surface area contributed by atoms with Gasteiger partial charge in [-0.2, -0.15) is 0 Å². The van der Waals surface area contributed by atoms with Crippen molar-refractivity contribution in [3.63, 3.8) is 0 Å². The predicted molar refractivity (Wildman–Crippen MR) is 98.4 cm³/mol. The summed E-state index contributed by atoms with van der Waals surface area (Å²) in [6.07, 6.45) is 4.06. The van der Waals surface area contributed by atoms with Gasteiger partial charge in [0, 0.05) is 12.1 Å². The second-order valence-corrected chi connectivity index (χ2v) is 6.25. The average Bonchev–Trinajstić information content (AvgIpc) is 3.16. The van der Waals surface area contributed by atoms with E-state index in [0.717, 1.165) is 29.1 Å². The highest BCUT2D eigenvalue weighted by Gasteiger charge is 2.11. The number of pyridine rings is 1. The van der Waals surface area contributed by atoms with Crippen LogP contribution < -0.4 is 10.5 Å². The van der Waals surface area contributed by atoms with Gasteiger partial charge in [-0.1, -0.05) is 12.1 Å². The maximum absolute atomic E-state index is 5.92. The Kier molecular flexibility index (Phi) is 4.43. The lowest BCUT2D eigenvalue weighted by molar-refractivity contribution is 0.238. The van der Waals surface area contributed by atoms with Crippen molar-refractivity contribution in [1.29, 1.82) is 0 Å². The summed E-state index contributed by atoms with van der Waals surface area (Å²) in [6.45, 7) is 4.06. The first-order chi connectivity index (χ1) is 12.3. The van der Waals surface area contributed by atoms with Crippen molar-refractivity contribution in [2.45, 2.75) is 12.8 Å². The van der Waals surface area contributed by atoms with E-state index in [1.54, 1.807) is 0 Å². The summed E-state index contributed by atoms with van der Waals surface area (Å²) in [5.74, 6) is 1.25. The van der Waals surface area contributed by atoms with E-state index in [2.05, 4.69) is 19.9 Å². The number of anilines is 1. The van der Waals surface area contributed by atoms with Crippen molar-refractivity contribution >= 4 is 16.9 Å². The number of aromatic nitrogens is 3. The Morgan fingerprint density at radius 1 is 1.08 bits per heavy atom. The number of nitrogens with zero attached hydrogens (tertiary/aromatic N) is 4. The summed E-state index contributed by atoms with van der Waals surface area (Å²) >= 11 is 0. The molecule has 2 N–H and O–H groups in total. The number of ether oxygens (including phenoxy) is 1. The summed E-state index contributed by atoms with van der Waals surface area (Å²) in [5, 5.41) is 0. The first kappa shape index (κ1) is 15.8. The van der Waals surface area contributed by atoms with Gasteiger partial charge in [-0.3, -0.25) is 4.90 Å². The number of nitrogen functional groups attached to an aromatic ring is 1. The Morgan fingerprint density at radius 2 is 1.96 bits per heavy atom. The van der Waals surface area contributed by atoms with E-state index >= 15 is 0 Å². The third-order valence-electron chi connectivity index (χ3n) is 4.51. The molecule has 6 heteroatoms.